The first-order chi connectivity index (χ1) is 7.71. The topological polar surface area (TPSA) is 18.5 Å². The average molecular weight is 287 g/mol. The van der Waals surface area contributed by atoms with Gasteiger partial charge in [0.15, 0.2) is 11.5 Å². The van der Waals surface area contributed by atoms with Crippen LogP contribution in [-0.4, -0.2) is 19.0 Å². The number of alkyl halides is 1. The Labute approximate surface area is 106 Å². The molecule has 1 rings (SSSR count). The van der Waals surface area contributed by atoms with Crippen LogP contribution >= 0.6 is 15.9 Å². The summed E-state index contributed by atoms with van der Waals surface area (Å²) in [4.78, 5) is 0.598. The summed E-state index contributed by atoms with van der Waals surface area (Å²) in [6.45, 7) is 2.19. The van der Waals surface area contributed by atoms with Gasteiger partial charge >= 0.3 is 0 Å². The van der Waals surface area contributed by atoms with Crippen molar-refractivity contribution < 1.29 is 9.47 Å². The fourth-order valence-corrected chi connectivity index (χ4v) is 1.79. The largest absolute Gasteiger partial charge is 0.493 e. The van der Waals surface area contributed by atoms with E-state index < -0.39 is 0 Å². The van der Waals surface area contributed by atoms with Gasteiger partial charge in [0.2, 0.25) is 0 Å². The van der Waals surface area contributed by atoms with Crippen LogP contribution in [0, 0.1) is 0 Å². The zero-order valence-electron chi connectivity index (χ0n) is 10.1. The van der Waals surface area contributed by atoms with E-state index in [1.165, 1.54) is 5.56 Å². The smallest absolute Gasteiger partial charge is 0.160 e. The Morgan fingerprint density at radius 1 is 1.19 bits per heavy atom. The van der Waals surface area contributed by atoms with Gasteiger partial charge in [0.1, 0.15) is 0 Å². The molecule has 0 aliphatic carbocycles. The molecule has 0 spiro atoms. The first kappa shape index (κ1) is 13.4. The maximum Gasteiger partial charge on any atom is 0.160 e. The predicted octanol–water partition coefficient (Wildman–Crippen LogP) is 3.81. The van der Waals surface area contributed by atoms with Gasteiger partial charge in [0.25, 0.3) is 0 Å². The Kier molecular flexibility index (Phi) is 5.67. The van der Waals surface area contributed by atoms with Crippen LogP contribution in [-0.2, 0) is 6.42 Å². The molecule has 0 N–H and O–H groups in total. The second-order valence-corrected chi connectivity index (χ2v) is 5.03. The summed E-state index contributed by atoms with van der Waals surface area (Å²) in [6, 6.07) is 6.11. The fourth-order valence-electron chi connectivity index (χ4n) is 1.56. The molecule has 0 amide bonds. The number of methoxy groups -OCH3 is 2. The van der Waals surface area contributed by atoms with Gasteiger partial charge in [0, 0.05) is 4.83 Å². The number of aryl methyl sites for hydroxylation is 1. The summed E-state index contributed by atoms with van der Waals surface area (Å²) in [5.41, 5.74) is 1.29. The summed E-state index contributed by atoms with van der Waals surface area (Å²) in [5.74, 6) is 1.60. The monoisotopic (exact) mass is 286 g/mol. The number of rotatable bonds is 6. The van der Waals surface area contributed by atoms with Crippen molar-refractivity contribution in [2.24, 2.45) is 0 Å². The lowest BCUT2D eigenvalue weighted by Crippen LogP contribution is -1.99. The summed E-state index contributed by atoms with van der Waals surface area (Å²) in [6.07, 6.45) is 3.36. The van der Waals surface area contributed by atoms with Crippen molar-refractivity contribution in [3.05, 3.63) is 23.8 Å². The maximum atomic E-state index is 5.27. The van der Waals surface area contributed by atoms with E-state index in [0.717, 1.165) is 30.8 Å². The van der Waals surface area contributed by atoms with Crippen molar-refractivity contribution >= 4 is 15.9 Å². The number of benzene rings is 1. The minimum atomic E-state index is 0.598. The van der Waals surface area contributed by atoms with E-state index in [-0.39, 0.29) is 0 Å². The van der Waals surface area contributed by atoms with Crippen LogP contribution in [0.1, 0.15) is 25.3 Å². The molecule has 0 aliphatic heterocycles. The van der Waals surface area contributed by atoms with Gasteiger partial charge in [-0.15, -0.1) is 0 Å². The molecule has 1 aromatic carbocycles. The molecule has 0 heterocycles. The summed E-state index contributed by atoms with van der Waals surface area (Å²) < 4.78 is 10.5. The number of ether oxygens (including phenoxy) is 2. The number of halogens is 1. The van der Waals surface area contributed by atoms with E-state index in [9.17, 15) is 0 Å². The standard InChI is InChI=1S/C13H19BrO2/c1-4-11(14)7-5-10-6-8-12(15-2)13(9-10)16-3/h6,8-9,11H,4-5,7H2,1-3H3. The highest BCUT2D eigenvalue weighted by molar-refractivity contribution is 9.09. The predicted molar refractivity (Wildman–Crippen MR) is 70.9 cm³/mol. The number of hydrogen-bond donors (Lipinski definition) is 0. The summed E-state index contributed by atoms with van der Waals surface area (Å²) >= 11 is 3.64. The molecule has 0 aliphatic rings. The minimum Gasteiger partial charge on any atom is -0.493 e. The molecular formula is C13H19BrO2. The van der Waals surface area contributed by atoms with Gasteiger partial charge in [-0.05, 0) is 37.0 Å². The Balaban J connectivity index is 2.67. The van der Waals surface area contributed by atoms with E-state index in [0.29, 0.717) is 4.83 Å². The lowest BCUT2D eigenvalue weighted by molar-refractivity contribution is 0.354. The zero-order valence-corrected chi connectivity index (χ0v) is 11.7. The van der Waals surface area contributed by atoms with Crippen LogP contribution in [0.3, 0.4) is 0 Å². The summed E-state index contributed by atoms with van der Waals surface area (Å²) in [7, 11) is 3.32. The van der Waals surface area contributed by atoms with Gasteiger partial charge in [-0.3, -0.25) is 0 Å². The van der Waals surface area contributed by atoms with Gasteiger partial charge in [-0.2, -0.15) is 0 Å². The molecule has 0 radical (unpaired) electrons. The van der Waals surface area contributed by atoms with E-state index in [1.807, 2.05) is 12.1 Å². The average Bonchev–Trinajstić information content (AvgIpc) is 2.35. The molecular weight excluding hydrogens is 268 g/mol. The van der Waals surface area contributed by atoms with Crippen molar-refractivity contribution in [1.82, 2.24) is 0 Å². The third-order valence-electron chi connectivity index (χ3n) is 2.64. The second-order valence-electron chi connectivity index (χ2n) is 3.73. The third-order valence-corrected chi connectivity index (χ3v) is 3.74. The molecule has 1 unspecified atom stereocenters. The van der Waals surface area contributed by atoms with Crippen LogP contribution in [0.15, 0.2) is 18.2 Å². The van der Waals surface area contributed by atoms with Crippen molar-refractivity contribution in [2.45, 2.75) is 31.0 Å². The second kappa shape index (κ2) is 6.79. The van der Waals surface area contributed by atoms with E-state index in [2.05, 4.69) is 28.9 Å². The van der Waals surface area contributed by atoms with Gasteiger partial charge in [0.05, 0.1) is 14.2 Å². The van der Waals surface area contributed by atoms with Crippen LogP contribution < -0.4 is 9.47 Å². The summed E-state index contributed by atoms with van der Waals surface area (Å²) in [5, 5.41) is 0. The highest BCUT2D eigenvalue weighted by Crippen LogP contribution is 2.28. The Morgan fingerprint density at radius 3 is 2.44 bits per heavy atom. The Morgan fingerprint density at radius 2 is 1.88 bits per heavy atom. The van der Waals surface area contributed by atoms with Crippen LogP contribution in [0.2, 0.25) is 0 Å². The first-order valence-corrected chi connectivity index (χ1v) is 6.47. The number of hydrogen-bond acceptors (Lipinski definition) is 2. The quantitative estimate of drug-likeness (QED) is 0.741. The molecule has 0 saturated carbocycles. The molecule has 0 bridgehead atoms. The van der Waals surface area contributed by atoms with Crippen molar-refractivity contribution in [1.29, 1.82) is 0 Å². The highest BCUT2D eigenvalue weighted by Gasteiger charge is 2.06. The Bertz CT molecular complexity index is 326. The lowest BCUT2D eigenvalue weighted by Gasteiger charge is -2.10. The van der Waals surface area contributed by atoms with Crippen LogP contribution in [0.5, 0.6) is 11.5 Å². The van der Waals surface area contributed by atoms with Crippen molar-refractivity contribution in [3.8, 4) is 11.5 Å². The molecule has 0 fully saturated rings. The van der Waals surface area contributed by atoms with E-state index in [1.54, 1.807) is 14.2 Å². The molecule has 1 aromatic rings. The molecule has 16 heavy (non-hydrogen) atoms. The lowest BCUT2D eigenvalue weighted by atomic mass is 10.1. The minimum absolute atomic E-state index is 0.598. The van der Waals surface area contributed by atoms with Crippen molar-refractivity contribution in [2.75, 3.05) is 14.2 Å². The van der Waals surface area contributed by atoms with Crippen molar-refractivity contribution in [3.63, 3.8) is 0 Å². The van der Waals surface area contributed by atoms with Crippen LogP contribution in [0.4, 0.5) is 0 Å². The molecule has 0 aromatic heterocycles. The molecule has 0 saturated heterocycles. The van der Waals surface area contributed by atoms with E-state index in [4.69, 9.17) is 9.47 Å². The van der Waals surface area contributed by atoms with E-state index >= 15 is 0 Å². The van der Waals surface area contributed by atoms with Crippen LogP contribution in [0.25, 0.3) is 0 Å². The maximum absolute atomic E-state index is 5.27. The first-order valence-electron chi connectivity index (χ1n) is 5.56. The third kappa shape index (κ3) is 3.71. The molecule has 3 heteroatoms. The fraction of sp³-hybridized carbons (Fsp3) is 0.538. The van der Waals surface area contributed by atoms with Gasteiger partial charge in [-0.25, -0.2) is 0 Å². The SMILES string of the molecule is CCC(Br)CCc1ccc(OC)c(OC)c1. The molecule has 2 nitrogen and oxygen atoms in total. The normalized spacial score (nSPS) is 12.2. The zero-order chi connectivity index (χ0) is 12.0. The highest BCUT2D eigenvalue weighted by atomic mass is 79.9. The Hall–Kier alpha value is -0.700. The molecule has 90 valence electrons. The van der Waals surface area contributed by atoms with Gasteiger partial charge < -0.3 is 9.47 Å². The van der Waals surface area contributed by atoms with Gasteiger partial charge in [-0.1, -0.05) is 28.9 Å². The molecule has 1 atom stereocenters.